The zero-order valence-corrected chi connectivity index (χ0v) is 38.2. The molecule has 0 spiro atoms. The summed E-state index contributed by atoms with van der Waals surface area (Å²) in [5, 5.41) is 29.6. The summed E-state index contributed by atoms with van der Waals surface area (Å²) in [6, 6.07) is 70.1. The Morgan fingerprint density at radius 1 is 0.368 bits per heavy atom. The Morgan fingerprint density at radius 2 is 0.721 bits per heavy atom. The van der Waals surface area contributed by atoms with Crippen molar-refractivity contribution in [1.82, 2.24) is 8.80 Å². The van der Waals surface area contributed by atoms with Gasteiger partial charge in [0, 0.05) is 65.8 Å². The van der Waals surface area contributed by atoms with E-state index >= 15 is 0 Å². The van der Waals surface area contributed by atoms with Gasteiger partial charge in [0.2, 0.25) is 0 Å². The number of benzene rings is 9. The maximum absolute atomic E-state index is 10.3. The van der Waals surface area contributed by atoms with E-state index in [2.05, 4.69) is 228 Å². The predicted octanol–water partition coefficient (Wildman–Crippen LogP) is 16.9. The van der Waals surface area contributed by atoms with Crippen LogP contribution in [0, 0.1) is 22.7 Å². The SMILES string of the molecule is CC(C)c1ccc(N(c2ccccc2)c2ccc3c4cc5c(cc4n4c6cc(C#N)ccc6c2c34)c2ccc(N(c3ccccc3)c3ccc(C(C)C)cc3)c3c4ccc(C#N)cc4n5c23)cc1. The minimum Gasteiger partial charge on any atom is -0.310 e. The average molecular weight is 873 g/mol. The van der Waals surface area contributed by atoms with Crippen LogP contribution in [-0.2, 0) is 0 Å². The fourth-order valence-electron chi connectivity index (χ4n) is 11.1. The molecule has 6 nitrogen and oxygen atoms in total. The smallest absolute Gasteiger partial charge is 0.0992 e. The van der Waals surface area contributed by atoms with Crippen molar-refractivity contribution in [3.8, 4) is 12.1 Å². The zero-order chi connectivity index (χ0) is 45.9. The van der Waals surface area contributed by atoms with Gasteiger partial charge in [0.15, 0.2) is 0 Å². The van der Waals surface area contributed by atoms with E-state index in [4.69, 9.17) is 0 Å². The summed E-state index contributed by atoms with van der Waals surface area (Å²) in [7, 11) is 0. The third-order valence-electron chi connectivity index (χ3n) is 14.4. The molecule has 0 fully saturated rings. The highest BCUT2D eigenvalue weighted by Gasteiger charge is 2.28. The number of hydrogen-bond donors (Lipinski definition) is 0. The van der Waals surface area contributed by atoms with Crippen molar-refractivity contribution in [2.75, 3.05) is 9.80 Å². The van der Waals surface area contributed by atoms with Gasteiger partial charge in [-0.2, -0.15) is 10.5 Å². The monoisotopic (exact) mass is 872 g/mol. The summed E-state index contributed by atoms with van der Waals surface area (Å²) in [6.07, 6.45) is 0. The molecule has 0 aliphatic rings. The molecule has 9 aromatic carbocycles. The number of nitrogens with zero attached hydrogens (tertiary/aromatic N) is 6. The van der Waals surface area contributed by atoms with Crippen molar-refractivity contribution in [3.05, 3.63) is 204 Å². The van der Waals surface area contributed by atoms with E-state index in [1.54, 1.807) is 0 Å². The molecule has 0 aliphatic heterocycles. The summed E-state index contributed by atoms with van der Waals surface area (Å²) >= 11 is 0. The second kappa shape index (κ2) is 14.8. The van der Waals surface area contributed by atoms with Gasteiger partial charge >= 0.3 is 0 Å². The summed E-state index contributed by atoms with van der Waals surface area (Å²) in [5.74, 6) is 0.836. The van der Waals surface area contributed by atoms with Crippen LogP contribution in [0.2, 0.25) is 0 Å². The van der Waals surface area contributed by atoms with Crippen LogP contribution in [-0.4, -0.2) is 8.80 Å². The fraction of sp³-hybridized carbons (Fsp3) is 0.0968. The number of nitriles is 2. The second-order valence-corrected chi connectivity index (χ2v) is 18.8. The van der Waals surface area contributed by atoms with E-state index < -0.39 is 0 Å². The quantitative estimate of drug-likeness (QED) is 0.153. The Balaban J connectivity index is 1.13. The number of hydrogen-bond acceptors (Lipinski definition) is 4. The van der Waals surface area contributed by atoms with Gasteiger partial charge in [-0.1, -0.05) is 113 Å². The summed E-state index contributed by atoms with van der Waals surface area (Å²) in [4.78, 5) is 4.74. The molecule has 0 saturated heterocycles. The van der Waals surface area contributed by atoms with Gasteiger partial charge in [0.25, 0.3) is 0 Å². The van der Waals surface area contributed by atoms with Crippen LogP contribution < -0.4 is 9.80 Å². The van der Waals surface area contributed by atoms with Crippen LogP contribution in [0.5, 0.6) is 0 Å². The van der Waals surface area contributed by atoms with Crippen LogP contribution in [0.15, 0.2) is 182 Å². The summed E-state index contributed by atoms with van der Waals surface area (Å²) in [6.45, 7) is 8.92. The molecular weight excluding hydrogens is 829 g/mol. The normalized spacial score (nSPS) is 12.1. The van der Waals surface area contributed by atoms with Crippen LogP contribution >= 0.6 is 0 Å². The first-order valence-electron chi connectivity index (χ1n) is 23.4. The highest BCUT2D eigenvalue weighted by atomic mass is 15.2. The Labute approximate surface area is 393 Å². The second-order valence-electron chi connectivity index (χ2n) is 18.8. The molecular formula is C62H44N6. The van der Waals surface area contributed by atoms with Gasteiger partial charge < -0.3 is 18.6 Å². The predicted molar refractivity (Wildman–Crippen MR) is 283 cm³/mol. The lowest BCUT2D eigenvalue weighted by atomic mass is 10.0. The van der Waals surface area contributed by atoms with Crippen molar-refractivity contribution in [3.63, 3.8) is 0 Å². The minimum atomic E-state index is 0.418. The van der Waals surface area contributed by atoms with Crippen molar-refractivity contribution >= 4 is 110 Å². The molecule has 13 aromatic rings. The molecule has 0 radical (unpaired) electrons. The lowest BCUT2D eigenvalue weighted by Crippen LogP contribution is -2.10. The van der Waals surface area contributed by atoms with Crippen LogP contribution in [0.1, 0.15) is 61.8 Å². The zero-order valence-electron chi connectivity index (χ0n) is 38.2. The number of para-hydroxylation sites is 2. The molecule has 322 valence electrons. The maximum atomic E-state index is 10.3. The van der Waals surface area contributed by atoms with Crippen molar-refractivity contribution in [1.29, 1.82) is 10.5 Å². The Hall–Kier alpha value is -8.84. The lowest BCUT2D eigenvalue weighted by Gasteiger charge is -2.27. The van der Waals surface area contributed by atoms with Crippen molar-refractivity contribution < 1.29 is 0 Å². The first-order valence-corrected chi connectivity index (χ1v) is 23.4. The Kier molecular flexibility index (Phi) is 8.62. The van der Waals surface area contributed by atoms with Crippen LogP contribution in [0.3, 0.4) is 0 Å². The highest BCUT2D eigenvalue weighted by Crippen LogP contribution is 2.51. The maximum Gasteiger partial charge on any atom is 0.0992 e. The highest BCUT2D eigenvalue weighted by molar-refractivity contribution is 6.32. The van der Waals surface area contributed by atoms with Crippen molar-refractivity contribution in [2.45, 2.75) is 39.5 Å². The van der Waals surface area contributed by atoms with Crippen LogP contribution in [0.4, 0.5) is 34.1 Å². The molecule has 13 rings (SSSR count). The number of fused-ring (bicyclic) bond motifs is 12. The van der Waals surface area contributed by atoms with Crippen molar-refractivity contribution in [2.24, 2.45) is 0 Å². The van der Waals surface area contributed by atoms with Gasteiger partial charge in [-0.05, 0) is 120 Å². The molecule has 0 saturated carbocycles. The molecule has 0 aliphatic carbocycles. The first-order chi connectivity index (χ1) is 33.3. The summed E-state index contributed by atoms with van der Waals surface area (Å²) < 4.78 is 4.79. The average Bonchev–Trinajstić information content (AvgIpc) is 4.10. The van der Waals surface area contributed by atoms with E-state index in [9.17, 15) is 10.5 Å². The lowest BCUT2D eigenvalue weighted by molar-refractivity contribution is 0.866. The molecule has 6 heteroatoms. The largest absolute Gasteiger partial charge is 0.310 e. The van der Waals surface area contributed by atoms with E-state index in [0.717, 1.165) is 110 Å². The van der Waals surface area contributed by atoms with Gasteiger partial charge in [0.05, 0.1) is 67.7 Å². The van der Waals surface area contributed by atoms with E-state index in [1.165, 1.54) is 11.1 Å². The minimum absolute atomic E-state index is 0.418. The number of rotatable bonds is 8. The molecule has 4 aromatic heterocycles. The van der Waals surface area contributed by atoms with Gasteiger partial charge in [-0.3, -0.25) is 0 Å². The van der Waals surface area contributed by atoms with Gasteiger partial charge in [0.1, 0.15) is 0 Å². The van der Waals surface area contributed by atoms with Crippen LogP contribution in [0.25, 0.3) is 76.2 Å². The Bertz CT molecular complexity index is 3930. The third kappa shape index (κ3) is 5.62. The number of aromatic nitrogens is 2. The van der Waals surface area contributed by atoms with E-state index in [0.29, 0.717) is 23.0 Å². The Morgan fingerprint density at radius 3 is 1.09 bits per heavy atom. The first kappa shape index (κ1) is 39.5. The fourth-order valence-corrected chi connectivity index (χ4v) is 11.1. The number of anilines is 6. The summed E-state index contributed by atoms with van der Waals surface area (Å²) in [5.41, 5.74) is 16.7. The molecule has 4 heterocycles. The standard InChI is InChI=1S/C62H44N6/c1-37(2)41-17-21-45(22-18-41)65(43-11-7-5-8-12-43)53-29-27-47-51-33-58-52(34-57(51)67-55-31-39(35-63)15-25-49(55)59(53)61(47)67)48-28-30-54(60-50-26-16-40(36-64)32-56(50)68(58)62(48)60)66(44-13-9-6-10-14-44)46-23-19-42(20-24-46)38(3)4/h5-34,37-38H,1-4H3. The molecule has 0 N–H and O–H groups in total. The van der Waals surface area contributed by atoms with Gasteiger partial charge in [-0.15, -0.1) is 0 Å². The molecule has 68 heavy (non-hydrogen) atoms. The molecule has 0 atom stereocenters. The topological polar surface area (TPSA) is 62.9 Å². The van der Waals surface area contributed by atoms with E-state index in [-0.39, 0.29) is 0 Å². The van der Waals surface area contributed by atoms with Gasteiger partial charge in [-0.25, -0.2) is 0 Å². The molecule has 0 amide bonds. The van der Waals surface area contributed by atoms with E-state index in [1.807, 2.05) is 12.1 Å². The molecule has 0 unspecified atom stereocenters. The third-order valence-corrected chi connectivity index (χ3v) is 14.4. The molecule has 0 bridgehead atoms.